The van der Waals surface area contributed by atoms with Crippen LogP contribution in [0, 0.1) is 0 Å². The zero-order valence-electron chi connectivity index (χ0n) is 8.36. The third-order valence-electron chi connectivity index (χ3n) is 2.21. The maximum absolute atomic E-state index is 10.2. The fourth-order valence-electron chi connectivity index (χ4n) is 1.37. The number of dihydropyridines is 1. The molecule has 1 aliphatic heterocycles. The minimum atomic E-state index is -0.363. The maximum atomic E-state index is 10.2. The third kappa shape index (κ3) is 2.30. The first kappa shape index (κ1) is 11.1. The highest BCUT2D eigenvalue weighted by molar-refractivity contribution is 6.33. The van der Waals surface area contributed by atoms with E-state index >= 15 is 0 Å². The molecule has 0 bridgehead atoms. The Bertz CT molecular complexity index is 276. The summed E-state index contributed by atoms with van der Waals surface area (Å²) in [4.78, 5) is 14.3. The molecule has 0 fully saturated rings. The number of aliphatic imine (C=N–C) groups is 1. The van der Waals surface area contributed by atoms with Crippen LogP contribution in [0.2, 0.25) is 0 Å². The second-order valence-corrected chi connectivity index (χ2v) is 3.07. The fraction of sp³-hybridized carbons (Fsp3) is 0.556. The molecule has 14 heavy (non-hydrogen) atoms. The second kappa shape index (κ2) is 5.07. The summed E-state index contributed by atoms with van der Waals surface area (Å²) in [5.74, 6) is 0. The number of ether oxygens (including phenoxy) is 1. The highest BCUT2D eigenvalue weighted by Crippen LogP contribution is 2.16. The molecule has 0 aliphatic carbocycles. The number of carbonyl (C=O) groups is 1. The lowest BCUT2D eigenvalue weighted by Crippen LogP contribution is -2.42. The Kier molecular flexibility index (Phi) is 4.04. The maximum Gasteiger partial charge on any atom is 0.167 e. The number of hydrogen-bond donors (Lipinski definition) is 1. The first-order valence-corrected chi connectivity index (χ1v) is 4.42. The Balaban J connectivity index is 2.71. The first-order valence-electron chi connectivity index (χ1n) is 4.42. The van der Waals surface area contributed by atoms with Crippen LogP contribution in [0.1, 0.15) is 6.92 Å². The number of hydrogen-bond acceptors (Lipinski definition) is 4. The van der Waals surface area contributed by atoms with Gasteiger partial charge >= 0.3 is 0 Å². The molecule has 0 saturated heterocycles. The van der Waals surface area contributed by atoms with Gasteiger partial charge in [-0.3, -0.25) is 4.99 Å². The highest BCUT2D eigenvalue weighted by atomic mass is 16.5. The molecular formula is C9H13BN2O2. The summed E-state index contributed by atoms with van der Waals surface area (Å²) in [6.07, 6.45) is 1.91. The van der Waals surface area contributed by atoms with Crippen molar-refractivity contribution >= 4 is 20.3 Å². The van der Waals surface area contributed by atoms with Gasteiger partial charge in [-0.2, -0.15) is 0 Å². The molecule has 0 spiro atoms. The van der Waals surface area contributed by atoms with Crippen molar-refractivity contribution in [2.24, 2.45) is 4.99 Å². The van der Waals surface area contributed by atoms with Gasteiger partial charge in [-0.25, -0.2) is 0 Å². The highest BCUT2D eigenvalue weighted by Gasteiger charge is 2.24. The molecular weight excluding hydrogens is 179 g/mol. The van der Waals surface area contributed by atoms with Crippen molar-refractivity contribution in [3.8, 4) is 0 Å². The average Bonchev–Trinajstić information content (AvgIpc) is 2.20. The zero-order chi connectivity index (χ0) is 10.6. The van der Waals surface area contributed by atoms with Gasteiger partial charge in [0.2, 0.25) is 0 Å². The molecule has 0 aromatic rings. The summed E-state index contributed by atoms with van der Waals surface area (Å²) in [6.45, 7) is 1.96. The second-order valence-electron chi connectivity index (χ2n) is 3.07. The summed E-state index contributed by atoms with van der Waals surface area (Å²) in [6, 6.07) is -0.0556. The van der Waals surface area contributed by atoms with Gasteiger partial charge in [0.1, 0.15) is 20.7 Å². The smallest absolute Gasteiger partial charge is 0.167 e. The number of carbonyl (C=O) groups excluding carboxylic acids is 1. The normalized spacial score (nSPS) is 26.7. The summed E-state index contributed by atoms with van der Waals surface area (Å²) < 4.78 is 5.24. The predicted molar refractivity (Wildman–Crippen MR) is 55.6 cm³/mol. The molecule has 5 heteroatoms. The van der Waals surface area contributed by atoms with Crippen molar-refractivity contribution in [3.63, 3.8) is 0 Å². The van der Waals surface area contributed by atoms with Crippen molar-refractivity contribution in [1.29, 1.82) is 0 Å². The average molecular weight is 192 g/mol. The number of nitrogens with zero attached hydrogens (tertiary/aromatic N) is 1. The van der Waals surface area contributed by atoms with E-state index in [2.05, 4.69) is 10.3 Å². The molecule has 1 N–H and O–H groups in total. The summed E-state index contributed by atoms with van der Waals surface area (Å²) in [7, 11) is 7.51. The van der Waals surface area contributed by atoms with Crippen LogP contribution in [0.15, 0.2) is 16.0 Å². The van der Waals surface area contributed by atoms with Crippen LogP contribution in [0.5, 0.6) is 0 Å². The molecule has 2 atom stereocenters. The number of aldehydes is 1. The van der Waals surface area contributed by atoms with Crippen LogP contribution in [0.4, 0.5) is 0 Å². The third-order valence-corrected chi connectivity index (χ3v) is 2.21. The van der Waals surface area contributed by atoms with Crippen molar-refractivity contribution in [1.82, 2.24) is 5.32 Å². The Hall–Kier alpha value is -0.935. The predicted octanol–water partition coefficient (Wildman–Crippen LogP) is -0.357. The molecule has 1 heterocycles. The van der Waals surface area contributed by atoms with E-state index in [0.717, 1.165) is 5.57 Å². The number of allylic oxidation sites excluding steroid dienone is 1. The van der Waals surface area contributed by atoms with Gasteiger partial charge < -0.3 is 14.8 Å². The van der Waals surface area contributed by atoms with Crippen LogP contribution in [0.3, 0.4) is 0 Å². The standard InChI is InChI=1S/C9H13BN2O2/c1-6-7(10)5-12-9(8(6)11-2)14-4-3-13/h3,5,8-9,11H,4H2,1-2H3. The van der Waals surface area contributed by atoms with Gasteiger partial charge in [0.15, 0.2) is 6.23 Å². The first-order chi connectivity index (χ1) is 6.70. The molecule has 0 amide bonds. The Morgan fingerprint density at radius 3 is 3.07 bits per heavy atom. The molecule has 0 aromatic heterocycles. The molecule has 0 saturated carbocycles. The molecule has 2 unspecified atom stereocenters. The molecule has 4 nitrogen and oxygen atoms in total. The van der Waals surface area contributed by atoms with Gasteiger partial charge in [-0.15, -0.1) is 0 Å². The van der Waals surface area contributed by atoms with Crippen LogP contribution in [-0.2, 0) is 9.53 Å². The molecule has 2 radical (unpaired) electrons. The fourth-order valence-corrected chi connectivity index (χ4v) is 1.37. The van der Waals surface area contributed by atoms with Crippen LogP contribution >= 0.6 is 0 Å². The zero-order valence-corrected chi connectivity index (χ0v) is 8.36. The molecule has 1 aliphatic rings. The van der Waals surface area contributed by atoms with E-state index < -0.39 is 0 Å². The lowest BCUT2D eigenvalue weighted by Gasteiger charge is -2.28. The summed E-state index contributed by atoms with van der Waals surface area (Å²) in [5.41, 5.74) is 1.63. The number of rotatable bonds is 4. The van der Waals surface area contributed by atoms with Gasteiger partial charge in [0, 0.05) is 6.21 Å². The van der Waals surface area contributed by atoms with Crippen molar-refractivity contribution in [2.75, 3.05) is 13.7 Å². The minimum absolute atomic E-state index is 0.0490. The Labute approximate surface area is 84.8 Å². The quantitative estimate of drug-likeness (QED) is 0.489. The van der Waals surface area contributed by atoms with Gasteiger partial charge in [0.25, 0.3) is 0 Å². The molecule has 1 rings (SSSR count). The molecule has 74 valence electrons. The van der Waals surface area contributed by atoms with Crippen molar-refractivity contribution in [2.45, 2.75) is 19.2 Å². The molecule has 0 aromatic carbocycles. The largest absolute Gasteiger partial charge is 0.347 e. The van der Waals surface area contributed by atoms with E-state index in [1.165, 1.54) is 0 Å². The summed E-state index contributed by atoms with van der Waals surface area (Å²) in [5, 5.41) is 3.05. The Morgan fingerprint density at radius 2 is 2.50 bits per heavy atom. The van der Waals surface area contributed by atoms with Crippen LogP contribution in [0.25, 0.3) is 0 Å². The van der Waals surface area contributed by atoms with E-state index in [1.54, 1.807) is 13.3 Å². The lowest BCUT2D eigenvalue weighted by molar-refractivity contribution is -0.113. The van der Waals surface area contributed by atoms with E-state index in [1.807, 2.05) is 6.92 Å². The van der Waals surface area contributed by atoms with Gasteiger partial charge in [-0.1, -0.05) is 11.0 Å². The van der Waals surface area contributed by atoms with Crippen LogP contribution in [-0.4, -0.2) is 46.3 Å². The SMILES string of the molecule is [B]C1=C(C)C(NC)C(OCC=O)N=C1. The lowest BCUT2D eigenvalue weighted by atomic mass is 9.86. The topological polar surface area (TPSA) is 50.7 Å². The van der Waals surface area contributed by atoms with E-state index in [0.29, 0.717) is 11.8 Å². The number of likely N-dealkylation sites (N-methyl/N-ethyl adjacent to an activating group) is 1. The van der Waals surface area contributed by atoms with Gasteiger partial charge in [0.05, 0.1) is 6.04 Å². The monoisotopic (exact) mass is 192 g/mol. The number of nitrogens with one attached hydrogen (secondary N) is 1. The van der Waals surface area contributed by atoms with E-state index in [9.17, 15) is 4.79 Å². The Morgan fingerprint density at radius 1 is 1.79 bits per heavy atom. The van der Waals surface area contributed by atoms with Crippen molar-refractivity contribution in [3.05, 3.63) is 11.0 Å². The van der Waals surface area contributed by atoms with Crippen LogP contribution < -0.4 is 5.32 Å². The van der Waals surface area contributed by atoms with Crippen molar-refractivity contribution < 1.29 is 9.53 Å². The summed E-state index contributed by atoms with van der Waals surface area (Å²) >= 11 is 0. The van der Waals surface area contributed by atoms with E-state index in [-0.39, 0.29) is 18.9 Å². The van der Waals surface area contributed by atoms with Gasteiger partial charge in [-0.05, 0) is 14.0 Å². The van der Waals surface area contributed by atoms with E-state index in [4.69, 9.17) is 12.6 Å². The minimum Gasteiger partial charge on any atom is -0.347 e.